The van der Waals surface area contributed by atoms with Crippen molar-refractivity contribution in [2.24, 2.45) is 0 Å². The Labute approximate surface area is 194 Å². The Morgan fingerprint density at radius 3 is 2.29 bits per heavy atom. The molecule has 2 aromatic carbocycles. The third kappa shape index (κ3) is 6.11. The zero-order chi connectivity index (χ0) is 22.2. The predicted octanol–water partition coefficient (Wildman–Crippen LogP) is 3.68. The number of benzene rings is 2. The molecule has 0 aliphatic carbocycles. The van der Waals surface area contributed by atoms with Crippen molar-refractivity contribution in [3.8, 4) is 0 Å². The number of amides is 2. The van der Waals surface area contributed by atoms with Crippen LogP contribution in [0.25, 0.3) is 0 Å². The van der Waals surface area contributed by atoms with E-state index in [0.29, 0.717) is 31.5 Å². The first-order valence-electron chi connectivity index (χ1n) is 10.2. The second-order valence-corrected chi connectivity index (χ2v) is 9.55. The summed E-state index contributed by atoms with van der Waals surface area (Å²) in [6, 6.07) is 16.6. The number of alkyl halides is 1. The van der Waals surface area contributed by atoms with E-state index in [2.05, 4.69) is 0 Å². The summed E-state index contributed by atoms with van der Waals surface area (Å²) < 4.78 is 5.60. The van der Waals surface area contributed by atoms with Crippen LogP contribution in [0.3, 0.4) is 0 Å². The first kappa shape index (κ1) is 23.4. The number of piperidine rings is 1. The second kappa shape index (κ2) is 11.4. The molecular formula is C23H26AsClN2O4. The molecular weight excluding hydrogens is 479 g/mol. The molecule has 1 aliphatic heterocycles. The summed E-state index contributed by atoms with van der Waals surface area (Å²) >= 11 is 5.24. The van der Waals surface area contributed by atoms with E-state index in [1.807, 2.05) is 36.0 Å². The molecule has 1 heterocycles. The Hall–Kier alpha value is -2.30. The first-order chi connectivity index (χ1) is 15.0. The number of nitrogens with zero attached hydrogens (tertiary/aromatic N) is 2. The average molecular weight is 505 g/mol. The summed E-state index contributed by atoms with van der Waals surface area (Å²) in [5, 5.41) is 0. The van der Waals surface area contributed by atoms with Gasteiger partial charge in [0.05, 0.1) is 0 Å². The number of hydrogen-bond acceptors (Lipinski definition) is 4. The number of hydrogen-bond donors (Lipinski definition) is 0. The molecule has 1 fully saturated rings. The van der Waals surface area contributed by atoms with Gasteiger partial charge in [0, 0.05) is 0 Å². The van der Waals surface area contributed by atoms with Gasteiger partial charge in [-0.2, -0.15) is 0 Å². The molecule has 0 radical (unpaired) electrons. The van der Waals surface area contributed by atoms with Crippen LogP contribution in [0.1, 0.15) is 28.8 Å². The zero-order valence-corrected chi connectivity index (χ0v) is 20.3. The number of anilines is 1. The van der Waals surface area contributed by atoms with Gasteiger partial charge in [-0.3, -0.25) is 0 Å². The molecule has 164 valence electrons. The molecule has 1 aliphatic rings. The zero-order valence-electron chi connectivity index (χ0n) is 17.4. The third-order valence-electron chi connectivity index (χ3n) is 5.31. The molecule has 8 heteroatoms. The van der Waals surface area contributed by atoms with Crippen molar-refractivity contribution in [1.82, 2.24) is 4.90 Å². The summed E-state index contributed by atoms with van der Waals surface area (Å²) in [4.78, 5) is 40.3. The Morgan fingerprint density at radius 2 is 1.71 bits per heavy atom. The average Bonchev–Trinajstić information content (AvgIpc) is 2.83. The molecule has 6 nitrogen and oxygen atoms in total. The normalized spacial score (nSPS) is 14.6. The number of carbonyl (C=O) groups is 3. The standard InChI is InChI=1S/C23H26AsClN2O4/c1-24-22(29)18-7-9-19(10-8-18)27(21(28)15-25)20-11-13-26(14-12-20)23(30)31-16-17-5-3-2-4-6-17/h2-10,20,24H,11-16H2,1H3. The van der Waals surface area contributed by atoms with Crippen molar-refractivity contribution in [1.29, 1.82) is 0 Å². The van der Waals surface area contributed by atoms with Crippen LogP contribution in [0.4, 0.5) is 10.5 Å². The molecule has 31 heavy (non-hydrogen) atoms. The fourth-order valence-corrected chi connectivity index (χ4v) is 4.74. The van der Waals surface area contributed by atoms with E-state index < -0.39 is 15.8 Å². The van der Waals surface area contributed by atoms with Crippen LogP contribution in [-0.2, 0) is 16.1 Å². The van der Waals surface area contributed by atoms with Gasteiger partial charge in [-0.25, -0.2) is 0 Å². The molecule has 0 N–H and O–H groups in total. The van der Waals surface area contributed by atoms with E-state index in [9.17, 15) is 14.4 Å². The Morgan fingerprint density at radius 1 is 1.06 bits per heavy atom. The maximum atomic E-state index is 12.6. The van der Waals surface area contributed by atoms with E-state index >= 15 is 0 Å². The van der Waals surface area contributed by atoms with Crippen molar-refractivity contribution in [3.05, 3.63) is 65.7 Å². The topological polar surface area (TPSA) is 66.9 Å². The van der Waals surface area contributed by atoms with E-state index in [-0.39, 0.29) is 35.1 Å². The van der Waals surface area contributed by atoms with E-state index in [1.54, 1.807) is 34.1 Å². The van der Waals surface area contributed by atoms with Gasteiger partial charge in [0.25, 0.3) is 0 Å². The summed E-state index contributed by atoms with van der Waals surface area (Å²) in [5.74, 6) is -0.309. The van der Waals surface area contributed by atoms with Crippen molar-refractivity contribution in [3.63, 3.8) is 0 Å². The van der Waals surface area contributed by atoms with E-state index in [0.717, 1.165) is 11.3 Å². The Bertz CT molecular complexity index is 900. The van der Waals surface area contributed by atoms with Crippen LogP contribution in [-0.4, -0.2) is 62.2 Å². The number of rotatable bonds is 7. The fraction of sp³-hybridized carbons (Fsp3) is 0.348. The molecule has 0 bridgehead atoms. The van der Waals surface area contributed by atoms with Crippen molar-refractivity contribution < 1.29 is 19.1 Å². The van der Waals surface area contributed by atoms with E-state index in [4.69, 9.17) is 16.3 Å². The van der Waals surface area contributed by atoms with Gasteiger partial charge in [-0.05, 0) is 5.56 Å². The molecule has 1 saturated heterocycles. The van der Waals surface area contributed by atoms with Gasteiger partial charge in [-0.1, -0.05) is 30.3 Å². The molecule has 0 saturated carbocycles. The number of halogens is 1. The van der Waals surface area contributed by atoms with Crippen LogP contribution in [0.15, 0.2) is 54.6 Å². The number of carbonyl (C=O) groups excluding carboxylic acids is 3. The third-order valence-corrected chi connectivity index (χ3v) is 7.10. The van der Waals surface area contributed by atoms with Crippen molar-refractivity contribution in [2.75, 3.05) is 23.9 Å². The van der Waals surface area contributed by atoms with Gasteiger partial charge < -0.3 is 0 Å². The van der Waals surface area contributed by atoms with Crippen molar-refractivity contribution >= 4 is 49.6 Å². The maximum absolute atomic E-state index is 12.6. The molecule has 2 aromatic rings. The minimum absolute atomic E-state index is 0.0643. The van der Waals surface area contributed by atoms with Crippen LogP contribution < -0.4 is 4.90 Å². The van der Waals surface area contributed by atoms with Gasteiger partial charge >= 0.3 is 152 Å². The molecule has 3 rings (SSSR count). The van der Waals surface area contributed by atoms with Gasteiger partial charge in [0.2, 0.25) is 0 Å². The molecule has 1 unspecified atom stereocenters. The molecule has 0 spiro atoms. The molecule has 1 atom stereocenters. The van der Waals surface area contributed by atoms with Crippen LogP contribution in [0.2, 0.25) is 5.71 Å². The van der Waals surface area contributed by atoms with Crippen LogP contribution in [0, 0.1) is 0 Å². The first-order valence-corrected chi connectivity index (χ1v) is 13.9. The SMILES string of the molecule is C[AsH]C(=O)c1ccc(N(C(=O)CCl)C2CCN(C(=O)OCc3ccccc3)CC2)cc1. The number of likely N-dealkylation sites (tertiary alicyclic amines) is 1. The Kier molecular flexibility index (Phi) is 8.56. The second-order valence-electron chi connectivity index (χ2n) is 7.28. The van der Waals surface area contributed by atoms with Crippen molar-refractivity contribution in [2.45, 2.75) is 31.2 Å². The van der Waals surface area contributed by atoms with Gasteiger partial charge in [0.1, 0.15) is 6.61 Å². The van der Waals surface area contributed by atoms with E-state index in [1.165, 1.54) is 0 Å². The Balaban J connectivity index is 1.61. The van der Waals surface area contributed by atoms with Gasteiger partial charge in [0.15, 0.2) is 0 Å². The molecule has 0 aromatic heterocycles. The van der Waals surface area contributed by atoms with Gasteiger partial charge in [-0.15, -0.1) is 0 Å². The summed E-state index contributed by atoms with van der Waals surface area (Å²) in [5.41, 5.74) is 4.29. The predicted molar refractivity (Wildman–Crippen MR) is 123 cm³/mol. The summed E-state index contributed by atoms with van der Waals surface area (Å²) in [6.45, 7) is 1.24. The van der Waals surface area contributed by atoms with Crippen LogP contribution >= 0.6 is 11.6 Å². The van der Waals surface area contributed by atoms with Crippen LogP contribution in [0.5, 0.6) is 0 Å². The summed E-state index contributed by atoms with van der Waals surface area (Å²) in [6.07, 6.45) is 0.916. The number of ether oxygens (including phenoxy) is 1. The summed E-state index contributed by atoms with van der Waals surface area (Å²) in [7, 11) is 0. The minimum atomic E-state index is -0.637. The fourth-order valence-electron chi connectivity index (χ4n) is 3.66. The molecule has 2 amide bonds. The monoisotopic (exact) mass is 504 g/mol. The quantitative estimate of drug-likeness (QED) is 0.426.